The molecule has 0 aliphatic rings. The van der Waals surface area contributed by atoms with Crippen LogP contribution in [0.5, 0.6) is 0 Å². The van der Waals surface area contributed by atoms with Gasteiger partial charge in [-0.05, 0) is 24.3 Å². The van der Waals surface area contributed by atoms with Gasteiger partial charge < -0.3 is 14.4 Å². The number of nitrogens with zero attached hydrogens (tertiary/aromatic N) is 5. The van der Waals surface area contributed by atoms with Crippen molar-refractivity contribution in [2.45, 2.75) is 6.54 Å². The zero-order chi connectivity index (χ0) is 17.8. The van der Waals surface area contributed by atoms with Gasteiger partial charge in [-0.3, -0.25) is 9.78 Å². The number of para-hydroxylation sites is 1. The molecule has 0 bridgehead atoms. The molecule has 1 N–H and O–H groups in total. The van der Waals surface area contributed by atoms with E-state index < -0.39 is 0 Å². The Labute approximate surface area is 148 Å². The van der Waals surface area contributed by atoms with Crippen molar-refractivity contribution >= 4 is 11.6 Å². The van der Waals surface area contributed by atoms with Crippen molar-refractivity contribution in [1.82, 2.24) is 24.7 Å². The summed E-state index contributed by atoms with van der Waals surface area (Å²) in [5.41, 5.74) is 2.00. The van der Waals surface area contributed by atoms with E-state index >= 15 is 0 Å². The number of aromatic nitrogens is 5. The molecule has 4 rings (SSSR count). The van der Waals surface area contributed by atoms with Gasteiger partial charge in [-0.25, -0.2) is 4.98 Å². The van der Waals surface area contributed by atoms with Gasteiger partial charge in [0.05, 0.1) is 11.9 Å². The predicted molar refractivity (Wildman–Crippen MR) is 93.8 cm³/mol. The Bertz CT molecular complexity index is 1010. The Hall–Kier alpha value is -3.81. The highest BCUT2D eigenvalue weighted by atomic mass is 16.5. The summed E-state index contributed by atoms with van der Waals surface area (Å²) in [5.74, 6) is 0.569. The van der Waals surface area contributed by atoms with Crippen LogP contribution < -0.4 is 5.32 Å². The normalized spacial score (nSPS) is 10.6. The summed E-state index contributed by atoms with van der Waals surface area (Å²) in [7, 11) is 0. The Morgan fingerprint density at radius 1 is 1.15 bits per heavy atom. The number of amides is 1. The number of imidazole rings is 1. The summed E-state index contributed by atoms with van der Waals surface area (Å²) >= 11 is 0. The fourth-order valence-corrected chi connectivity index (χ4v) is 2.38. The summed E-state index contributed by atoms with van der Waals surface area (Å²) in [4.78, 5) is 24.7. The monoisotopic (exact) mass is 346 g/mol. The van der Waals surface area contributed by atoms with Crippen LogP contribution in [0.15, 0.2) is 71.9 Å². The third kappa shape index (κ3) is 3.48. The summed E-state index contributed by atoms with van der Waals surface area (Å²) in [6.07, 6.45) is 6.56. The molecule has 1 aromatic carbocycles. The van der Waals surface area contributed by atoms with Crippen molar-refractivity contribution in [2.24, 2.45) is 0 Å². The minimum Gasteiger partial charge on any atom is -0.333 e. The van der Waals surface area contributed by atoms with Crippen molar-refractivity contribution in [3.05, 3.63) is 67.4 Å². The third-order valence-corrected chi connectivity index (χ3v) is 3.58. The quantitative estimate of drug-likeness (QED) is 0.596. The zero-order valence-electron chi connectivity index (χ0n) is 13.6. The lowest BCUT2D eigenvalue weighted by molar-refractivity contribution is -0.116. The Balaban J connectivity index is 1.45. The molecule has 8 nitrogen and oxygen atoms in total. The highest BCUT2D eigenvalue weighted by Crippen LogP contribution is 2.20. The van der Waals surface area contributed by atoms with E-state index in [1.165, 1.54) is 0 Å². The smallest absolute Gasteiger partial charge is 0.259 e. The molecule has 0 aliphatic carbocycles. The molecule has 26 heavy (non-hydrogen) atoms. The van der Waals surface area contributed by atoms with Gasteiger partial charge in [-0.1, -0.05) is 23.4 Å². The van der Waals surface area contributed by atoms with Gasteiger partial charge >= 0.3 is 0 Å². The van der Waals surface area contributed by atoms with Crippen LogP contribution in [0.4, 0.5) is 5.69 Å². The number of benzene rings is 1. The highest BCUT2D eigenvalue weighted by Gasteiger charge is 2.13. The van der Waals surface area contributed by atoms with E-state index in [2.05, 4.69) is 25.4 Å². The molecule has 0 fully saturated rings. The zero-order valence-corrected chi connectivity index (χ0v) is 13.6. The molecule has 8 heteroatoms. The second-order valence-corrected chi connectivity index (χ2v) is 5.51. The Morgan fingerprint density at radius 2 is 2.04 bits per heavy atom. The van der Waals surface area contributed by atoms with Crippen molar-refractivity contribution in [3.8, 4) is 23.0 Å². The number of pyridine rings is 1. The maximum Gasteiger partial charge on any atom is 0.259 e. The van der Waals surface area contributed by atoms with Crippen LogP contribution in [-0.2, 0) is 11.3 Å². The van der Waals surface area contributed by atoms with Crippen LogP contribution in [0.1, 0.15) is 0 Å². The summed E-state index contributed by atoms with van der Waals surface area (Å²) in [5, 5.41) is 6.75. The Morgan fingerprint density at radius 3 is 2.85 bits per heavy atom. The number of carbonyl (C=O) groups is 1. The molecule has 3 heterocycles. The van der Waals surface area contributed by atoms with Crippen molar-refractivity contribution in [3.63, 3.8) is 0 Å². The standard InChI is InChI=1S/C18H14N6O2/c25-16(21-14-6-2-1-3-7-14)11-24-10-15(20-12-24)17-22-18(26-23-17)13-5-4-8-19-9-13/h1-10,12H,11H2,(H,21,25). The molecular weight excluding hydrogens is 332 g/mol. The van der Waals surface area contributed by atoms with Gasteiger partial charge in [0.25, 0.3) is 5.89 Å². The largest absolute Gasteiger partial charge is 0.333 e. The molecule has 0 saturated heterocycles. The lowest BCUT2D eigenvalue weighted by Gasteiger charge is -2.04. The molecule has 0 saturated carbocycles. The van der Waals surface area contributed by atoms with Crippen LogP contribution in [-0.4, -0.2) is 30.6 Å². The number of anilines is 1. The maximum absolute atomic E-state index is 12.1. The molecule has 0 radical (unpaired) electrons. The summed E-state index contributed by atoms with van der Waals surface area (Å²) < 4.78 is 6.91. The van der Waals surface area contributed by atoms with Crippen LogP contribution >= 0.6 is 0 Å². The first-order valence-electron chi connectivity index (χ1n) is 7.89. The van der Waals surface area contributed by atoms with E-state index in [-0.39, 0.29) is 12.5 Å². The average Bonchev–Trinajstić information content (AvgIpc) is 3.32. The number of rotatable bonds is 5. The molecule has 0 aliphatic heterocycles. The molecule has 0 atom stereocenters. The molecule has 4 aromatic rings. The van der Waals surface area contributed by atoms with E-state index in [4.69, 9.17) is 4.52 Å². The first-order chi connectivity index (χ1) is 12.8. The van der Waals surface area contributed by atoms with Gasteiger partial charge in [0.2, 0.25) is 11.7 Å². The summed E-state index contributed by atoms with van der Waals surface area (Å²) in [6, 6.07) is 12.9. The molecular formula is C18H14N6O2. The number of hydrogen-bond donors (Lipinski definition) is 1. The first-order valence-corrected chi connectivity index (χ1v) is 7.89. The van der Waals surface area contributed by atoms with Crippen molar-refractivity contribution in [1.29, 1.82) is 0 Å². The van der Waals surface area contributed by atoms with E-state index in [0.29, 0.717) is 17.4 Å². The van der Waals surface area contributed by atoms with E-state index in [0.717, 1.165) is 11.3 Å². The number of hydrogen-bond acceptors (Lipinski definition) is 6. The molecule has 0 spiro atoms. The number of nitrogens with one attached hydrogen (secondary N) is 1. The predicted octanol–water partition coefficient (Wildman–Crippen LogP) is 2.63. The minimum absolute atomic E-state index is 0.134. The second kappa shape index (κ2) is 6.98. The van der Waals surface area contributed by atoms with Crippen molar-refractivity contribution < 1.29 is 9.32 Å². The SMILES string of the molecule is O=C(Cn1cnc(-c2noc(-c3cccnc3)n2)c1)Nc1ccccc1. The van der Waals surface area contributed by atoms with E-state index in [9.17, 15) is 4.79 Å². The van der Waals surface area contributed by atoms with Gasteiger partial charge in [-0.15, -0.1) is 0 Å². The minimum atomic E-state index is -0.149. The lowest BCUT2D eigenvalue weighted by atomic mass is 10.3. The second-order valence-electron chi connectivity index (χ2n) is 5.51. The van der Waals surface area contributed by atoms with Crippen LogP contribution in [0, 0.1) is 0 Å². The van der Waals surface area contributed by atoms with Gasteiger partial charge in [0.15, 0.2) is 0 Å². The van der Waals surface area contributed by atoms with Gasteiger partial charge in [0, 0.05) is 24.3 Å². The van der Waals surface area contributed by atoms with Crippen LogP contribution in [0.2, 0.25) is 0 Å². The molecule has 3 aromatic heterocycles. The van der Waals surface area contributed by atoms with Gasteiger partial charge in [0.1, 0.15) is 12.2 Å². The average molecular weight is 346 g/mol. The van der Waals surface area contributed by atoms with Crippen LogP contribution in [0.25, 0.3) is 23.0 Å². The molecule has 0 unspecified atom stereocenters. The number of carbonyl (C=O) groups excluding carboxylic acids is 1. The molecule has 128 valence electrons. The van der Waals surface area contributed by atoms with Crippen molar-refractivity contribution in [2.75, 3.05) is 5.32 Å². The highest BCUT2D eigenvalue weighted by molar-refractivity contribution is 5.90. The van der Waals surface area contributed by atoms with E-state index in [1.807, 2.05) is 36.4 Å². The fraction of sp³-hybridized carbons (Fsp3) is 0.0556. The van der Waals surface area contributed by atoms with E-state index in [1.54, 1.807) is 35.6 Å². The molecule has 1 amide bonds. The first kappa shape index (κ1) is 15.7. The maximum atomic E-state index is 12.1. The summed E-state index contributed by atoms with van der Waals surface area (Å²) in [6.45, 7) is 0.134. The lowest BCUT2D eigenvalue weighted by Crippen LogP contribution is -2.17. The fourth-order valence-electron chi connectivity index (χ4n) is 2.38. The third-order valence-electron chi connectivity index (χ3n) is 3.58. The Kier molecular flexibility index (Phi) is 4.21. The van der Waals surface area contributed by atoms with Crippen LogP contribution in [0.3, 0.4) is 0 Å². The topological polar surface area (TPSA) is 98.7 Å². The van der Waals surface area contributed by atoms with Gasteiger partial charge in [-0.2, -0.15) is 4.98 Å².